The number of nitrogens with two attached hydrogens (primary N) is 2. The summed E-state index contributed by atoms with van der Waals surface area (Å²) >= 11 is 0. The molecule has 2 atom stereocenters. The standard InChI is InChI=1S/C49H70N2/c1-4-7-10-11-12-13-14-17-18-41(37-39-21-25-42(26-22-39)48(19-15-8-5-2)44-29-33-46(50)34-30-44)38-40-23-27-43(28-24-40)49(20-16-9-6-3)45-31-35-47(51)36-32-45/h21-36,41,48-49H,4-20,37-38,50-51H2,1-3H3. The molecule has 0 aliphatic heterocycles. The summed E-state index contributed by atoms with van der Waals surface area (Å²) in [5.74, 6) is 1.51. The summed E-state index contributed by atoms with van der Waals surface area (Å²) in [6.07, 6.45) is 24.5. The first-order valence-electron chi connectivity index (χ1n) is 20.9. The van der Waals surface area contributed by atoms with Gasteiger partial charge in [0.2, 0.25) is 0 Å². The first-order valence-corrected chi connectivity index (χ1v) is 20.9. The quantitative estimate of drug-likeness (QED) is 0.0538. The van der Waals surface area contributed by atoms with Crippen LogP contribution >= 0.6 is 0 Å². The molecule has 0 aromatic heterocycles. The van der Waals surface area contributed by atoms with Crippen molar-refractivity contribution in [3.8, 4) is 0 Å². The summed E-state index contributed by atoms with van der Waals surface area (Å²) in [6.45, 7) is 6.88. The van der Waals surface area contributed by atoms with Crippen LogP contribution in [0.2, 0.25) is 0 Å². The Labute approximate surface area is 312 Å². The molecule has 0 spiro atoms. The van der Waals surface area contributed by atoms with E-state index >= 15 is 0 Å². The van der Waals surface area contributed by atoms with Gasteiger partial charge in [-0.15, -0.1) is 0 Å². The van der Waals surface area contributed by atoms with Gasteiger partial charge in [0.05, 0.1) is 0 Å². The molecule has 51 heavy (non-hydrogen) atoms. The van der Waals surface area contributed by atoms with E-state index in [1.54, 1.807) is 0 Å². The lowest BCUT2D eigenvalue weighted by Crippen LogP contribution is -2.10. The Balaban J connectivity index is 1.46. The molecule has 0 heterocycles. The van der Waals surface area contributed by atoms with Gasteiger partial charge in [0, 0.05) is 23.2 Å². The summed E-state index contributed by atoms with van der Waals surface area (Å²) in [6, 6.07) is 36.5. The van der Waals surface area contributed by atoms with Crippen LogP contribution in [0.5, 0.6) is 0 Å². The van der Waals surface area contributed by atoms with Crippen LogP contribution in [-0.4, -0.2) is 0 Å². The summed E-state index contributed by atoms with van der Waals surface area (Å²) in [5.41, 5.74) is 22.4. The van der Waals surface area contributed by atoms with E-state index in [0.29, 0.717) is 17.8 Å². The van der Waals surface area contributed by atoms with Gasteiger partial charge < -0.3 is 11.5 Å². The van der Waals surface area contributed by atoms with E-state index in [1.807, 2.05) is 0 Å². The van der Waals surface area contributed by atoms with Crippen LogP contribution in [0.25, 0.3) is 0 Å². The number of nitrogen functional groups attached to an aromatic ring is 2. The molecule has 0 saturated heterocycles. The van der Waals surface area contributed by atoms with Crippen LogP contribution in [0.15, 0.2) is 97.1 Å². The summed E-state index contributed by atoms with van der Waals surface area (Å²) in [5, 5.41) is 0. The molecular formula is C49H70N2. The lowest BCUT2D eigenvalue weighted by atomic mass is 9.84. The third-order valence-corrected chi connectivity index (χ3v) is 11.1. The average molecular weight is 687 g/mol. The van der Waals surface area contributed by atoms with Gasteiger partial charge in [-0.2, -0.15) is 0 Å². The van der Waals surface area contributed by atoms with Crippen molar-refractivity contribution >= 4 is 11.4 Å². The van der Waals surface area contributed by atoms with Gasteiger partial charge in [0.25, 0.3) is 0 Å². The molecule has 4 aromatic carbocycles. The lowest BCUT2D eigenvalue weighted by molar-refractivity contribution is 0.444. The van der Waals surface area contributed by atoms with E-state index < -0.39 is 0 Å². The van der Waals surface area contributed by atoms with Crippen LogP contribution < -0.4 is 11.5 Å². The molecule has 0 radical (unpaired) electrons. The molecule has 0 bridgehead atoms. The van der Waals surface area contributed by atoms with Gasteiger partial charge in [-0.3, -0.25) is 0 Å². The molecule has 4 aromatic rings. The van der Waals surface area contributed by atoms with E-state index in [1.165, 1.54) is 143 Å². The zero-order valence-corrected chi connectivity index (χ0v) is 32.6. The highest BCUT2D eigenvalue weighted by molar-refractivity contribution is 5.44. The number of unbranched alkanes of at least 4 members (excludes halogenated alkanes) is 11. The maximum absolute atomic E-state index is 6.05. The van der Waals surface area contributed by atoms with Crippen LogP contribution in [-0.2, 0) is 12.8 Å². The highest BCUT2D eigenvalue weighted by Gasteiger charge is 2.18. The molecule has 0 fully saturated rings. The second-order valence-corrected chi connectivity index (χ2v) is 15.5. The fourth-order valence-corrected chi connectivity index (χ4v) is 7.99. The number of hydrogen-bond acceptors (Lipinski definition) is 2. The predicted octanol–water partition coefficient (Wildman–Crippen LogP) is 14.2. The summed E-state index contributed by atoms with van der Waals surface area (Å²) in [7, 11) is 0. The van der Waals surface area contributed by atoms with E-state index in [0.717, 1.165) is 24.2 Å². The SMILES string of the molecule is CCCCCCCCCCC(Cc1ccc(C(CCCCC)c2ccc(N)cc2)cc1)Cc1ccc(C(CCCCC)c2ccc(N)cc2)cc1. The van der Waals surface area contributed by atoms with Crippen LogP contribution in [0.3, 0.4) is 0 Å². The minimum absolute atomic E-state index is 0.428. The van der Waals surface area contributed by atoms with Crippen LogP contribution in [0, 0.1) is 5.92 Å². The van der Waals surface area contributed by atoms with Gasteiger partial charge in [0.15, 0.2) is 0 Å². The van der Waals surface area contributed by atoms with Crippen molar-refractivity contribution in [2.75, 3.05) is 11.5 Å². The summed E-state index contributed by atoms with van der Waals surface area (Å²) < 4.78 is 0. The highest BCUT2D eigenvalue weighted by Crippen LogP contribution is 2.33. The topological polar surface area (TPSA) is 52.0 Å². The first kappa shape index (κ1) is 40.3. The molecule has 276 valence electrons. The highest BCUT2D eigenvalue weighted by atomic mass is 14.5. The Morgan fingerprint density at radius 2 is 0.647 bits per heavy atom. The number of benzene rings is 4. The van der Waals surface area contributed by atoms with Crippen molar-refractivity contribution in [1.82, 2.24) is 0 Å². The Morgan fingerprint density at radius 3 is 1.02 bits per heavy atom. The Kier molecular flexibility index (Phi) is 18.3. The predicted molar refractivity (Wildman–Crippen MR) is 225 cm³/mol. The van der Waals surface area contributed by atoms with Crippen molar-refractivity contribution in [2.24, 2.45) is 5.92 Å². The minimum Gasteiger partial charge on any atom is -0.399 e. The zero-order chi connectivity index (χ0) is 36.1. The van der Waals surface area contributed by atoms with E-state index in [9.17, 15) is 0 Å². The Bertz CT molecular complexity index is 1350. The molecule has 0 aliphatic carbocycles. The lowest BCUT2D eigenvalue weighted by Gasteiger charge is -2.21. The largest absolute Gasteiger partial charge is 0.399 e. The molecule has 0 saturated carbocycles. The second kappa shape index (κ2) is 23.1. The third kappa shape index (κ3) is 14.2. The van der Waals surface area contributed by atoms with Gasteiger partial charge in [0.1, 0.15) is 0 Å². The maximum Gasteiger partial charge on any atom is 0.0314 e. The Morgan fingerprint density at radius 1 is 0.353 bits per heavy atom. The van der Waals surface area contributed by atoms with E-state index in [4.69, 9.17) is 11.5 Å². The number of anilines is 2. The molecule has 2 heteroatoms. The first-order chi connectivity index (χ1) is 25.0. The van der Waals surface area contributed by atoms with Crippen molar-refractivity contribution in [1.29, 1.82) is 0 Å². The van der Waals surface area contributed by atoms with Gasteiger partial charge in [-0.25, -0.2) is 0 Å². The van der Waals surface area contributed by atoms with Crippen LogP contribution in [0.4, 0.5) is 11.4 Å². The fourth-order valence-electron chi connectivity index (χ4n) is 7.99. The third-order valence-electron chi connectivity index (χ3n) is 11.1. The van der Waals surface area contributed by atoms with E-state index in [-0.39, 0.29) is 0 Å². The molecular weight excluding hydrogens is 617 g/mol. The Hall–Kier alpha value is -3.52. The molecule has 4 N–H and O–H groups in total. The van der Waals surface area contributed by atoms with Crippen molar-refractivity contribution in [3.05, 3.63) is 130 Å². The molecule has 0 amide bonds. The van der Waals surface area contributed by atoms with Crippen molar-refractivity contribution < 1.29 is 0 Å². The van der Waals surface area contributed by atoms with Crippen molar-refractivity contribution in [2.45, 2.75) is 155 Å². The van der Waals surface area contributed by atoms with Crippen LogP contribution in [0.1, 0.15) is 175 Å². The second-order valence-electron chi connectivity index (χ2n) is 15.5. The summed E-state index contributed by atoms with van der Waals surface area (Å²) in [4.78, 5) is 0. The van der Waals surface area contributed by atoms with Gasteiger partial charge >= 0.3 is 0 Å². The fraction of sp³-hybridized carbons (Fsp3) is 0.510. The zero-order valence-electron chi connectivity index (χ0n) is 32.6. The van der Waals surface area contributed by atoms with Crippen molar-refractivity contribution in [3.63, 3.8) is 0 Å². The van der Waals surface area contributed by atoms with E-state index in [2.05, 4.69) is 118 Å². The number of rotatable bonds is 25. The molecule has 2 unspecified atom stereocenters. The normalized spacial score (nSPS) is 13.2. The molecule has 0 aliphatic rings. The molecule has 4 rings (SSSR count). The minimum atomic E-state index is 0.428. The molecule has 2 nitrogen and oxygen atoms in total. The number of hydrogen-bond donors (Lipinski definition) is 2. The average Bonchev–Trinajstić information content (AvgIpc) is 3.15. The smallest absolute Gasteiger partial charge is 0.0314 e. The maximum atomic E-state index is 6.05. The van der Waals surface area contributed by atoms with Gasteiger partial charge in [-0.1, -0.05) is 183 Å². The van der Waals surface area contributed by atoms with Gasteiger partial charge in [-0.05, 0) is 95.7 Å². The monoisotopic (exact) mass is 687 g/mol.